The lowest BCUT2D eigenvalue weighted by atomic mass is 10.1. The zero-order chi connectivity index (χ0) is 28.9. The van der Waals surface area contributed by atoms with E-state index in [1.807, 2.05) is 0 Å². The maximum atomic E-state index is 13.3. The summed E-state index contributed by atoms with van der Waals surface area (Å²) in [6.07, 6.45) is 0. The summed E-state index contributed by atoms with van der Waals surface area (Å²) in [6.45, 7) is 0. The van der Waals surface area contributed by atoms with E-state index in [4.69, 9.17) is 4.74 Å². The van der Waals surface area contributed by atoms with Crippen LogP contribution in [0.2, 0.25) is 0 Å². The number of carbonyl (C=O) groups excluding carboxylic acids is 3. The van der Waals surface area contributed by atoms with Crippen LogP contribution in [0.5, 0.6) is 5.75 Å². The highest BCUT2D eigenvalue weighted by atomic mass is 79.9. The summed E-state index contributed by atoms with van der Waals surface area (Å²) in [5, 5.41) is 13.9. The van der Waals surface area contributed by atoms with E-state index >= 15 is 0 Å². The molecular formula is C24H12Br4N4O6S2. The van der Waals surface area contributed by atoms with Crippen LogP contribution in [-0.2, 0) is 4.79 Å². The molecule has 1 aliphatic rings. The number of nitrogens with zero attached hydrogens (tertiary/aromatic N) is 3. The highest BCUT2D eigenvalue weighted by molar-refractivity contribution is 9.15. The fourth-order valence-corrected chi connectivity index (χ4v) is 8.24. The largest absolute Gasteiger partial charge is 0.496 e. The smallest absolute Gasteiger partial charge is 0.296 e. The van der Waals surface area contributed by atoms with Crippen LogP contribution in [-0.4, -0.2) is 40.5 Å². The summed E-state index contributed by atoms with van der Waals surface area (Å²) >= 11 is 16.1. The normalized spacial score (nSPS) is 12.7. The Morgan fingerprint density at radius 2 is 1.70 bits per heavy atom. The molecule has 40 heavy (non-hydrogen) atoms. The third kappa shape index (κ3) is 5.20. The molecule has 1 aromatic heterocycles. The van der Waals surface area contributed by atoms with Crippen molar-refractivity contribution in [3.63, 3.8) is 0 Å². The second-order valence-corrected chi connectivity index (χ2v) is 13.5. The third-order valence-electron chi connectivity index (χ3n) is 5.71. The summed E-state index contributed by atoms with van der Waals surface area (Å²) in [5.74, 6) is -1.12. The first kappa shape index (κ1) is 29.1. The van der Waals surface area contributed by atoms with Gasteiger partial charge in [0.2, 0.25) is 5.91 Å². The summed E-state index contributed by atoms with van der Waals surface area (Å²) in [5.41, 5.74) is 1.29. The number of hydrogen-bond acceptors (Lipinski definition) is 9. The first-order chi connectivity index (χ1) is 19.0. The second-order valence-electron chi connectivity index (χ2n) is 8.06. The summed E-state index contributed by atoms with van der Waals surface area (Å²) in [6, 6.07) is 9.20. The molecule has 0 unspecified atom stereocenters. The predicted molar refractivity (Wildman–Crippen MR) is 167 cm³/mol. The van der Waals surface area contributed by atoms with Gasteiger partial charge in [0.05, 0.1) is 50.9 Å². The van der Waals surface area contributed by atoms with Crippen molar-refractivity contribution in [2.45, 2.75) is 4.34 Å². The lowest BCUT2D eigenvalue weighted by Crippen LogP contribution is -2.29. The van der Waals surface area contributed by atoms with Gasteiger partial charge in [-0.05, 0) is 94.1 Å². The Bertz CT molecular complexity index is 1730. The van der Waals surface area contributed by atoms with Crippen LogP contribution in [0.3, 0.4) is 0 Å². The molecule has 2 heterocycles. The minimum Gasteiger partial charge on any atom is -0.496 e. The summed E-state index contributed by atoms with van der Waals surface area (Å²) < 4.78 is 8.44. The molecule has 1 aliphatic heterocycles. The number of thioether (sulfide) groups is 1. The molecule has 5 rings (SSSR count). The molecule has 0 saturated heterocycles. The van der Waals surface area contributed by atoms with Crippen molar-refractivity contribution >= 4 is 132 Å². The predicted octanol–water partition coefficient (Wildman–Crippen LogP) is 7.79. The average molecular weight is 836 g/mol. The topological polar surface area (TPSA) is 132 Å². The number of anilines is 2. The van der Waals surface area contributed by atoms with Gasteiger partial charge in [-0.2, -0.15) is 0 Å². The van der Waals surface area contributed by atoms with Gasteiger partial charge in [0.1, 0.15) is 11.4 Å². The Hall–Kier alpha value is -2.37. The fraction of sp³-hybridized carbons (Fsp3) is 0.0833. The minimum atomic E-state index is -0.597. The van der Waals surface area contributed by atoms with E-state index in [0.717, 1.165) is 16.7 Å². The zero-order valence-electron chi connectivity index (χ0n) is 19.8. The highest BCUT2D eigenvalue weighted by Gasteiger charge is 2.42. The van der Waals surface area contributed by atoms with Crippen molar-refractivity contribution in [2.75, 3.05) is 23.1 Å². The Morgan fingerprint density at radius 3 is 2.30 bits per heavy atom. The van der Waals surface area contributed by atoms with Crippen LogP contribution in [0.15, 0.2) is 58.6 Å². The molecule has 0 atom stereocenters. The molecular weight excluding hydrogens is 824 g/mol. The van der Waals surface area contributed by atoms with Crippen molar-refractivity contribution in [3.05, 3.63) is 75.5 Å². The van der Waals surface area contributed by atoms with E-state index in [1.54, 1.807) is 18.2 Å². The molecule has 10 nitrogen and oxygen atoms in total. The quantitative estimate of drug-likeness (QED) is 0.0499. The molecule has 0 saturated carbocycles. The van der Waals surface area contributed by atoms with Crippen LogP contribution in [0.25, 0.3) is 10.2 Å². The SMILES string of the molecule is COc1ccc(NC(=O)CSc2nc3ccc(N4C(=O)c5c(Br)c(Br)c(Br)c(Br)c5C4=O)cc3s2)c([N+](=O)[O-])c1. The molecule has 204 valence electrons. The summed E-state index contributed by atoms with van der Waals surface area (Å²) in [7, 11) is 1.39. The van der Waals surface area contributed by atoms with E-state index in [9.17, 15) is 24.5 Å². The lowest BCUT2D eigenvalue weighted by molar-refractivity contribution is -0.384. The Labute approximate surface area is 267 Å². The number of nitro groups is 1. The zero-order valence-corrected chi connectivity index (χ0v) is 27.8. The van der Waals surface area contributed by atoms with Crippen LogP contribution >= 0.6 is 86.8 Å². The van der Waals surface area contributed by atoms with Gasteiger partial charge >= 0.3 is 0 Å². The van der Waals surface area contributed by atoms with Crippen LogP contribution in [0.1, 0.15) is 20.7 Å². The van der Waals surface area contributed by atoms with Gasteiger partial charge in [-0.15, -0.1) is 11.3 Å². The number of hydrogen-bond donors (Lipinski definition) is 1. The van der Waals surface area contributed by atoms with Gasteiger partial charge in [0.25, 0.3) is 17.5 Å². The number of aromatic nitrogens is 1. The van der Waals surface area contributed by atoms with E-state index in [-0.39, 0.29) is 28.3 Å². The van der Waals surface area contributed by atoms with Gasteiger partial charge in [-0.1, -0.05) is 11.8 Å². The highest BCUT2D eigenvalue weighted by Crippen LogP contribution is 2.46. The number of nitro benzene ring substituents is 1. The number of benzene rings is 3. The van der Waals surface area contributed by atoms with Crippen molar-refractivity contribution < 1.29 is 24.0 Å². The van der Waals surface area contributed by atoms with E-state index in [1.165, 1.54) is 36.6 Å². The second kappa shape index (κ2) is 11.5. The van der Waals surface area contributed by atoms with Gasteiger partial charge in [0, 0.05) is 17.9 Å². The van der Waals surface area contributed by atoms with Crippen LogP contribution in [0, 0.1) is 10.1 Å². The molecule has 1 N–H and O–H groups in total. The summed E-state index contributed by atoms with van der Waals surface area (Å²) in [4.78, 5) is 55.6. The average Bonchev–Trinajstić information content (AvgIpc) is 3.46. The number of rotatable bonds is 7. The van der Waals surface area contributed by atoms with Gasteiger partial charge in [0.15, 0.2) is 4.34 Å². The van der Waals surface area contributed by atoms with Crippen molar-refractivity contribution in [2.24, 2.45) is 0 Å². The van der Waals surface area contributed by atoms with Crippen molar-refractivity contribution in [1.29, 1.82) is 0 Å². The third-order valence-corrected chi connectivity index (χ3v) is 12.6. The van der Waals surface area contributed by atoms with Crippen molar-refractivity contribution in [1.82, 2.24) is 4.98 Å². The molecule has 0 aliphatic carbocycles. The number of halogens is 4. The van der Waals surface area contributed by atoms with E-state index in [0.29, 0.717) is 43.9 Å². The number of ether oxygens (including phenoxy) is 1. The molecule has 16 heteroatoms. The van der Waals surface area contributed by atoms with Gasteiger partial charge in [-0.3, -0.25) is 24.5 Å². The minimum absolute atomic E-state index is 0.0416. The number of fused-ring (bicyclic) bond motifs is 2. The lowest BCUT2D eigenvalue weighted by Gasteiger charge is -2.13. The molecule has 0 bridgehead atoms. The van der Waals surface area contributed by atoms with Crippen molar-refractivity contribution in [3.8, 4) is 5.75 Å². The maximum absolute atomic E-state index is 13.3. The number of thiazole rings is 1. The Balaban J connectivity index is 1.34. The molecule has 0 radical (unpaired) electrons. The monoisotopic (exact) mass is 832 g/mol. The van der Waals surface area contributed by atoms with Crippen LogP contribution < -0.4 is 15.0 Å². The number of nitrogens with one attached hydrogen (secondary N) is 1. The molecule has 0 fully saturated rings. The standard InChI is InChI=1S/C24H12Br4N4O6S2/c1-38-10-3-5-11(13(7-10)32(36)37)29-15(33)8-39-24-30-12-4-2-9(6-14(12)40-24)31-22(34)16-17(23(31)35)19(26)21(28)20(27)18(16)25/h2-7H,8H2,1H3,(H,29,33). The van der Waals surface area contributed by atoms with Gasteiger partial charge in [-0.25, -0.2) is 9.88 Å². The molecule has 3 aromatic carbocycles. The first-order valence-corrected chi connectivity index (χ1v) is 15.9. The molecule has 3 amide bonds. The molecule has 0 spiro atoms. The molecule has 4 aromatic rings. The number of methoxy groups -OCH3 is 1. The van der Waals surface area contributed by atoms with E-state index < -0.39 is 22.6 Å². The number of amides is 3. The Kier molecular flexibility index (Phi) is 8.37. The number of imide groups is 1. The first-order valence-electron chi connectivity index (χ1n) is 10.9. The van der Waals surface area contributed by atoms with Crippen LogP contribution in [0.4, 0.5) is 17.1 Å². The van der Waals surface area contributed by atoms with E-state index in [2.05, 4.69) is 74.0 Å². The van der Waals surface area contributed by atoms with Gasteiger partial charge < -0.3 is 10.1 Å². The Morgan fingerprint density at radius 1 is 1.05 bits per heavy atom. The maximum Gasteiger partial charge on any atom is 0.296 e. The number of carbonyl (C=O) groups is 3. The fourth-order valence-electron chi connectivity index (χ4n) is 3.89.